The summed E-state index contributed by atoms with van der Waals surface area (Å²) < 4.78 is 44.1. The first-order chi connectivity index (χ1) is 11.2. The molecule has 0 aromatic carbocycles. The zero-order chi connectivity index (χ0) is 18.1. The largest absolute Gasteiger partial charge is 0.493 e. The van der Waals surface area contributed by atoms with Gasteiger partial charge in [-0.3, -0.25) is 5.43 Å². The second-order valence-electron chi connectivity index (χ2n) is 4.87. The molecule has 2 rings (SSSR count). The van der Waals surface area contributed by atoms with Crippen molar-refractivity contribution in [3.63, 3.8) is 0 Å². The van der Waals surface area contributed by atoms with Gasteiger partial charge in [-0.1, -0.05) is 11.6 Å². The molecule has 2 aromatic heterocycles. The number of hydrogen-bond donors (Lipinski definition) is 3. The van der Waals surface area contributed by atoms with E-state index < -0.39 is 16.9 Å². The highest BCUT2D eigenvalue weighted by molar-refractivity contribution is 6.30. The fourth-order valence-electron chi connectivity index (χ4n) is 2.01. The van der Waals surface area contributed by atoms with E-state index in [2.05, 4.69) is 10.4 Å². The van der Waals surface area contributed by atoms with Gasteiger partial charge in [0.15, 0.2) is 0 Å². The van der Waals surface area contributed by atoms with E-state index in [1.807, 2.05) is 0 Å². The van der Waals surface area contributed by atoms with Crippen molar-refractivity contribution >= 4 is 17.4 Å². The van der Waals surface area contributed by atoms with E-state index in [-0.39, 0.29) is 24.2 Å². The molecule has 0 aliphatic carbocycles. The second kappa shape index (κ2) is 6.78. The van der Waals surface area contributed by atoms with E-state index in [4.69, 9.17) is 16.3 Å². The number of hydrogen-bond acceptors (Lipinski definition) is 5. The minimum Gasteiger partial charge on any atom is -0.493 e. The summed E-state index contributed by atoms with van der Waals surface area (Å²) in [5, 5.41) is 19.5. The Hall–Kier alpha value is -2.13. The average Bonchev–Trinajstić information content (AvgIpc) is 2.68. The zero-order valence-corrected chi connectivity index (χ0v) is 13.5. The van der Waals surface area contributed by atoms with Crippen molar-refractivity contribution in [2.24, 2.45) is 0 Å². The Labute approximate surface area is 140 Å². The molecule has 6 nitrogen and oxygen atoms in total. The van der Waals surface area contributed by atoms with Crippen molar-refractivity contribution < 1.29 is 28.1 Å². The normalized spacial score (nSPS) is 11.8. The van der Waals surface area contributed by atoms with Crippen LogP contribution in [0.2, 0.25) is 5.15 Å². The summed E-state index contributed by atoms with van der Waals surface area (Å²) in [6, 6.07) is 1.79. The van der Waals surface area contributed by atoms with Gasteiger partial charge in [-0.2, -0.15) is 17.8 Å². The number of nitrogens with one attached hydrogen (secondary N) is 1. The van der Waals surface area contributed by atoms with Crippen LogP contribution in [-0.2, 0) is 17.5 Å². The Kier molecular flexibility index (Phi) is 5.14. The molecule has 2 aromatic rings. The summed E-state index contributed by atoms with van der Waals surface area (Å²) >= 11 is 5.54. The van der Waals surface area contributed by atoms with Crippen LogP contribution in [-0.4, -0.2) is 26.5 Å². The fourth-order valence-corrected chi connectivity index (χ4v) is 2.27. The zero-order valence-electron chi connectivity index (χ0n) is 12.8. The number of halogens is 4. The third kappa shape index (κ3) is 3.51. The van der Waals surface area contributed by atoms with Gasteiger partial charge < -0.3 is 14.9 Å². The van der Waals surface area contributed by atoms with Gasteiger partial charge in [0.25, 0.3) is 0 Å². The molecule has 0 aliphatic rings. The number of aromatic nitrogens is 2. The smallest absolute Gasteiger partial charge is 0.419 e. The molecular formula is C14H15ClF3N3O3. The summed E-state index contributed by atoms with van der Waals surface area (Å²) in [6.07, 6.45) is -4.62. The Balaban J connectivity index is 2.33. The maximum Gasteiger partial charge on any atom is 0.419 e. The Morgan fingerprint density at radius 3 is 2.50 bits per heavy atom. The number of aromatic hydroxyl groups is 2. The van der Waals surface area contributed by atoms with Crippen LogP contribution >= 0.6 is 11.6 Å². The summed E-state index contributed by atoms with van der Waals surface area (Å²) in [7, 11) is 0. The number of nitrogens with zero attached hydrogens (tertiary/aromatic N) is 2. The Bertz CT molecular complexity index is 747. The first kappa shape index (κ1) is 18.2. The lowest BCUT2D eigenvalue weighted by Crippen LogP contribution is -2.12. The predicted octanol–water partition coefficient (Wildman–Crippen LogP) is 3.69. The number of ether oxygens (including phenoxy) is 1. The highest BCUT2D eigenvalue weighted by Gasteiger charge is 2.34. The molecule has 132 valence electrons. The molecule has 24 heavy (non-hydrogen) atoms. The topological polar surface area (TPSA) is 79.5 Å². The number of alkyl halides is 3. The van der Waals surface area contributed by atoms with E-state index in [1.54, 1.807) is 13.8 Å². The molecule has 0 spiro atoms. The molecule has 0 radical (unpaired) electrons. The molecule has 0 atom stereocenters. The quantitative estimate of drug-likeness (QED) is 0.704. The Morgan fingerprint density at radius 1 is 1.29 bits per heavy atom. The average molecular weight is 366 g/mol. The minimum absolute atomic E-state index is 0.0671. The molecule has 3 N–H and O–H groups in total. The van der Waals surface area contributed by atoms with Crippen LogP contribution in [0.3, 0.4) is 0 Å². The molecule has 2 heterocycles. The first-order valence-electron chi connectivity index (χ1n) is 6.87. The number of rotatable bonds is 5. The van der Waals surface area contributed by atoms with Crippen molar-refractivity contribution in [3.05, 3.63) is 34.0 Å². The highest BCUT2D eigenvalue weighted by atomic mass is 35.5. The van der Waals surface area contributed by atoms with E-state index in [0.717, 1.165) is 16.8 Å². The summed E-state index contributed by atoms with van der Waals surface area (Å²) in [6.45, 7) is 3.82. The first-order valence-corrected chi connectivity index (χ1v) is 7.25. The van der Waals surface area contributed by atoms with Crippen molar-refractivity contribution in [1.29, 1.82) is 0 Å². The van der Waals surface area contributed by atoms with Crippen molar-refractivity contribution in [2.75, 3.05) is 12.0 Å². The predicted molar refractivity (Wildman–Crippen MR) is 81.1 cm³/mol. The van der Waals surface area contributed by atoms with Gasteiger partial charge >= 0.3 is 6.18 Å². The molecule has 0 amide bonds. The van der Waals surface area contributed by atoms with E-state index in [0.29, 0.717) is 17.7 Å². The third-order valence-corrected chi connectivity index (χ3v) is 3.60. The Morgan fingerprint density at radius 2 is 1.96 bits per heavy atom. The van der Waals surface area contributed by atoms with Gasteiger partial charge in [0.2, 0.25) is 11.8 Å². The van der Waals surface area contributed by atoms with Gasteiger partial charge in [0, 0.05) is 17.7 Å². The maximum atomic E-state index is 12.7. The van der Waals surface area contributed by atoms with Crippen LogP contribution in [0.1, 0.15) is 23.6 Å². The third-order valence-electron chi connectivity index (χ3n) is 3.31. The van der Waals surface area contributed by atoms with Crippen molar-refractivity contribution in [3.8, 4) is 11.8 Å². The summed E-state index contributed by atoms with van der Waals surface area (Å²) in [5.74, 6) is -0.743. The lowest BCUT2D eigenvalue weighted by molar-refractivity contribution is -0.137. The van der Waals surface area contributed by atoms with E-state index in [9.17, 15) is 23.4 Å². The monoisotopic (exact) mass is 365 g/mol. The van der Waals surface area contributed by atoms with Gasteiger partial charge in [0.1, 0.15) is 11.0 Å². The summed E-state index contributed by atoms with van der Waals surface area (Å²) in [5.41, 5.74) is 2.13. The van der Waals surface area contributed by atoms with Crippen molar-refractivity contribution in [1.82, 2.24) is 9.66 Å². The maximum absolute atomic E-state index is 12.7. The van der Waals surface area contributed by atoms with Gasteiger partial charge in [-0.25, -0.2) is 4.98 Å². The van der Waals surface area contributed by atoms with Gasteiger partial charge in [-0.05, 0) is 26.0 Å². The highest BCUT2D eigenvalue weighted by Crippen LogP contribution is 2.36. The van der Waals surface area contributed by atoms with Gasteiger partial charge in [0.05, 0.1) is 12.2 Å². The SMILES string of the molecule is CCOCc1c(C)c(O)n(Nc2ccc(C(F)(F)F)c(Cl)n2)c1O. The minimum atomic E-state index is -4.62. The van der Waals surface area contributed by atoms with E-state index >= 15 is 0 Å². The molecular weight excluding hydrogens is 351 g/mol. The molecule has 10 heteroatoms. The van der Waals surface area contributed by atoms with Crippen LogP contribution in [0.5, 0.6) is 11.8 Å². The van der Waals surface area contributed by atoms with E-state index in [1.165, 1.54) is 0 Å². The van der Waals surface area contributed by atoms with Crippen molar-refractivity contribution in [2.45, 2.75) is 26.6 Å². The van der Waals surface area contributed by atoms with Crippen LogP contribution in [0.25, 0.3) is 0 Å². The number of pyridine rings is 1. The standard InChI is InChI=1S/C14H15ClF3N3O3/c1-3-24-6-8-7(2)12(22)21(13(8)23)20-10-5-4-9(11(15)19-10)14(16,17)18/h4-5,22-23H,3,6H2,1-2H3,(H,19,20). The lowest BCUT2D eigenvalue weighted by Gasteiger charge is -2.12. The van der Waals surface area contributed by atoms with Crippen LogP contribution in [0, 0.1) is 6.92 Å². The molecule has 0 bridgehead atoms. The molecule has 0 aliphatic heterocycles. The fraction of sp³-hybridized carbons (Fsp3) is 0.357. The van der Waals surface area contributed by atoms with Crippen LogP contribution in [0.15, 0.2) is 12.1 Å². The van der Waals surface area contributed by atoms with Crippen LogP contribution < -0.4 is 5.43 Å². The molecule has 0 saturated heterocycles. The van der Waals surface area contributed by atoms with Crippen LogP contribution in [0.4, 0.5) is 19.0 Å². The molecule has 0 fully saturated rings. The van der Waals surface area contributed by atoms with Gasteiger partial charge in [-0.15, -0.1) is 0 Å². The summed E-state index contributed by atoms with van der Waals surface area (Å²) in [4.78, 5) is 3.58. The molecule has 0 unspecified atom stereocenters. The molecule has 0 saturated carbocycles. The lowest BCUT2D eigenvalue weighted by atomic mass is 10.2. The second-order valence-corrected chi connectivity index (χ2v) is 5.23. The number of anilines is 1.